The van der Waals surface area contributed by atoms with Crippen molar-refractivity contribution in [1.29, 1.82) is 0 Å². The van der Waals surface area contributed by atoms with Crippen LogP contribution in [0.3, 0.4) is 0 Å². The minimum absolute atomic E-state index is 0.0120. The normalized spacial score (nSPS) is 25.1. The molecule has 6 heteroatoms. The fourth-order valence-corrected chi connectivity index (χ4v) is 4.58. The van der Waals surface area contributed by atoms with Gasteiger partial charge in [-0.2, -0.15) is 0 Å². The number of benzene rings is 1. The molecular weight excluding hydrogens is 352 g/mol. The lowest BCUT2D eigenvalue weighted by atomic mass is 9.65. The molecule has 1 saturated heterocycles. The van der Waals surface area contributed by atoms with Crippen LogP contribution in [0.25, 0.3) is 11.0 Å². The van der Waals surface area contributed by atoms with Crippen LogP contribution >= 0.6 is 11.6 Å². The first-order valence-electron chi connectivity index (χ1n) is 8.71. The minimum Gasteiger partial charge on any atom is -0.451 e. The van der Waals surface area contributed by atoms with Crippen molar-refractivity contribution < 1.29 is 14.0 Å². The van der Waals surface area contributed by atoms with Gasteiger partial charge in [0.1, 0.15) is 5.58 Å². The highest BCUT2D eigenvalue weighted by Crippen LogP contribution is 2.47. The maximum absolute atomic E-state index is 12.9. The van der Waals surface area contributed by atoms with Gasteiger partial charge >= 0.3 is 0 Å². The first-order chi connectivity index (χ1) is 12.2. The molecule has 1 spiro atoms. The number of furan rings is 1. The number of fused-ring (bicyclic) bond motifs is 1. The van der Waals surface area contributed by atoms with Crippen LogP contribution in [0.4, 0.5) is 0 Å². The molecule has 2 N–H and O–H groups in total. The molecule has 0 radical (unpaired) electrons. The Bertz CT molecular complexity index is 959. The number of ketones is 1. The van der Waals surface area contributed by atoms with Crippen molar-refractivity contribution >= 4 is 34.3 Å². The molecule has 1 atom stereocenters. The van der Waals surface area contributed by atoms with E-state index in [0.717, 1.165) is 11.8 Å². The van der Waals surface area contributed by atoms with Gasteiger partial charge in [0.2, 0.25) is 0 Å². The smallest absolute Gasteiger partial charge is 0.289 e. The van der Waals surface area contributed by atoms with Crippen molar-refractivity contribution in [2.24, 2.45) is 16.6 Å². The predicted molar refractivity (Wildman–Crippen MR) is 99.9 cm³/mol. The number of Topliss-reactive ketones (excluding diaryl/α,β-unsaturated/α-hetero) is 1. The molecule has 2 heterocycles. The second kappa shape index (κ2) is 5.61. The molecule has 1 fully saturated rings. The van der Waals surface area contributed by atoms with Gasteiger partial charge in [-0.1, -0.05) is 25.4 Å². The molecule has 1 amide bonds. The van der Waals surface area contributed by atoms with E-state index in [1.165, 1.54) is 0 Å². The summed E-state index contributed by atoms with van der Waals surface area (Å²) in [6, 6.07) is 7.01. The van der Waals surface area contributed by atoms with E-state index in [2.05, 4.69) is 0 Å². The van der Waals surface area contributed by atoms with Crippen molar-refractivity contribution in [2.75, 3.05) is 13.1 Å². The third-order valence-corrected chi connectivity index (χ3v) is 5.73. The van der Waals surface area contributed by atoms with Gasteiger partial charge in [-0.05, 0) is 43.2 Å². The first-order valence-corrected chi connectivity index (χ1v) is 9.09. The van der Waals surface area contributed by atoms with Gasteiger partial charge in [0.25, 0.3) is 5.91 Å². The lowest BCUT2D eigenvalue weighted by Gasteiger charge is -2.38. The van der Waals surface area contributed by atoms with Gasteiger partial charge in [-0.25, -0.2) is 0 Å². The van der Waals surface area contributed by atoms with E-state index in [0.29, 0.717) is 41.6 Å². The molecule has 136 valence electrons. The lowest BCUT2D eigenvalue weighted by molar-refractivity contribution is -0.125. The van der Waals surface area contributed by atoms with Gasteiger partial charge in [-0.3, -0.25) is 9.59 Å². The second-order valence-electron chi connectivity index (χ2n) is 8.12. The van der Waals surface area contributed by atoms with Crippen LogP contribution in [0, 0.1) is 10.8 Å². The number of carbonyl (C=O) groups is 2. The number of hydrogen-bond acceptors (Lipinski definition) is 4. The summed E-state index contributed by atoms with van der Waals surface area (Å²) < 4.78 is 5.71. The Morgan fingerprint density at radius 3 is 2.81 bits per heavy atom. The van der Waals surface area contributed by atoms with Crippen molar-refractivity contribution in [3.63, 3.8) is 0 Å². The summed E-state index contributed by atoms with van der Waals surface area (Å²) in [5.41, 5.74) is 6.19. The fourth-order valence-electron chi connectivity index (χ4n) is 4.40. The molecule has 1 aliphatic heterocycles. The first kappa shape index (κ1) is 17.2. The maximum atomic E-state index is 12.9. The van der Waals surface area contributed by atoms with Crippen LogP contribution in [0.1, 0.15) is 37.2 Å². The van der Waals surface area contributed by atoms with Crippen molar-refractivity contribution in [2.45, 2.75) is 26.7 Å². The van der Waals surface area contributed by atoms with Gasteiger partial charge in [0.15, 0.2) is 11.5 Å². The zero-order chi connectivity index (χ0) is 18.7. The fraction of sp³-hybridized carbons (Fsp3) is 0.400. The molecule has 2 aliphatic rings. The molecule has 0 bridgehead atoms. The molecular formula is C20H21ClN2O3. The van der Waals surface area contributed by atoms with E-state index in [9.17, 15) is 9.59 Å². The second-order valence-corrected chi connectivity index (χ2v) is 8.56. The molecule has 1 aliphatic carbocycles. The van der Waals surface area contributed by atoms with E-state index in [1.54, 1.807) is 29.2 Å². The number of halogens is 1. The summed E-state index contributed by atoms with van der Waals surface area (Å²) in [6.07, 6.45) is 3.35. The number of allylic oxidation sites excluding steroid dienone is 1. The summed E-state index contributed by atoms with van der Waals surface area (Å²) >= 11 is 6.00. The molecule has 26 heavy (non-hydrogen) atoms. The van der Waals surface area contributed by atoms with E-state index in [1.807, 2.05) is 19.9 Å². The number of carbonyl (C=O) groups excluding carboxylic acids is 2. The Balaban J connectivity index is 1.60. The molecule has 4 rings (SSSR count). The predicted octanol–water partition coefficient (Wildman–Crippen LogP) is 3.76. The average Bonchev–Trinajstić information content (AvgIpc) is 3.15. The number of hydrogen-bond donors (Lipinski definition) is 1. The van der Waals surface area contributed by atoms with E-state index in [4.69, 9.17) is 21.8 Å². The number of likely N-dealkylation sites (tertiary alicyclic amines) is 1. The van der Waals surface area contributed by atoms with Crippen LogP contribution in [0.5, 0.6) is 0 Å². The van der Waals surface area contributed by atoms with Crippen LogP contribution in [-0.4, -0.2) is 29.7 Å². The summed E-state index contributed by atoms with van der Waals surface area (Å²) in [7, 11) is 0. The molecule has 2 aromatic rings. The molecule has 1 aromatic carbocycles. The largest absolute Gasteiger partial charge is 0.451 e. The Kier molecular flexibility index (Phi) is 3.70. The van der Waals surface area contributed by atoms with Gasteiger partial charge < -0.3 is 15.1 Å². The average molecular weight is 373 g/mol. The summed E-state index contributed by atoms with van der Waals surface area (Å²) in [4.78, 5) is 27.0. The number of nitrogens with zero attached hydrogens (tertiary/aromatic N) is 1. The van der Waals surface area contributed by atoms with E-state index < -0.39 is 5.41 Å². The van der Waals surface area contributed by atoms with Crippen molar-refractivity contribution in [3.05, 3.63) is 46.8 Å². The zero-order valence-electron chi connectivity index (χ0n) is 14.8. The third kappa shape index (κ3) is 2.71. The maximum Gasteiger partial charge on any atom is 0.289 e. The van der Waals surface area contributed by atoms with Gasteiger partial charge in [0, 0.05) is 34.3 Å². The van der Waals surface area contributed by atoms with Crippen LogP contribution < -0.4 is 5.73 Å². The van der Waals surface area contributed by atoms with E-state index >= 15 is 0 Å². The Hall–Kier alpha value is -2.27. The molecule has 0 unspecified atom stereocenters. The Morgan fingerprint density at radius 1 is 1.31 bits per heavy atom. The highest BCUT2D eigenvalue weighted by atomic mass is 35.5. The van der Waals surface area contributed by atoms with Crippen LogP contribution in [-0.2, 0) is 4.79 Å². The highest BCUT2D eigenvalue weighted by Gasteiger charge is 2.48. The molecule has 0 saturated carbocycles. The lowest BCUT2D eigenvalue weighted by Crippen LogP contribution is -2.42. The Morgan fingerprint density at radius 2 is 2.08 bits per heavy atom. The topological polar surface area (TPSA) is 76.5 Å². The number of rotatable bonds is 1. The minimum atomic E-state index is -0.506. The van der Waals surface area contributed by atoms with Crippen molar-refractivity contribution in [1.82, 2.24) is 4.90 Å². The standard InChI is InChI=1S/C20H21ClN2O3/c1-19(2)10-20(9-14(22)17(19)24)5-6-23(11-20)18(25)16-8-12-7-13(21)3-4-15(12)26-16/h3-4,7-9H,5-6,10-11,22H2,1-2H3/t20-/m1/s1. The number of amides is 1. The highest BCUT2D eigenvalue weighted by molar-refractivity contribution is 6.31. The summed E-state index contributed by atoms with van der Waals surface area (Å²) in [5, 5.41) is 1.41. The van der Waals surface area contributed by atoms with Crippen molar-refractivity contribution in [3.8, 4) is 0 Å². The SMILES string of the molecule is CC1(C)C[C@]2(C=C(N)C1=O)CCN(C(=O)c1cc3cc(Cl)ccc3o1)C2. The van der Waals surface area contributed by atoms with Crippen LogP contribution in [0.15, 0.2) is 40.5 Å². The quantitative estimate of drug-likeness (QED) is 0.826. The monoisotopic (exact) mass is 372 g/mol. The summed E-state index contributed by atoms with van der Waals surface area (Å²) in [6.45, 7) is 5.00. The van der Waals surface area contributed by atoms with Gasteiger partial charge in [-0.15, -0.1) is 0 Å². The van der Waals surface area contributed by atoms with Crippen LogP contribution in [0.2, 0.25) is 5.02 Å². The third-order valence-electron chi connectivity index (χ3n) is 5.49. The van der Waals surface area contributed by atoms with E-state index in [-0.39, 0.29) is 17.1 Å². The zero-order valence-corrected chi connectivity index (χ0v) is 15.6. The molecule has 5 nitrogen and oxygen atoms in total. The van der Waals surface area contributed by atoms with Gasteiger partial charge in [0.05, 0.1) is 5.70 Å². The Labute approximate surface area is 156 Å². The molecule has 1 aromatic heterocycles. The summed E-state index contributed by atoms with van der Waals surface area (Å²) in [5.74, 6) is 0.153. The number of nitrogens with two attached hydrogens (primary N) is 1.